The molecule has 136 valence electrons. The van der Waals surface area contributed by atoms with Gasteiger partial charge in [0.15, 0.2) is 0 Å². The molecule has 0 amide bonds. The molecule has 0 aliphatic rings. The number of benzene rings is 1. The van der Waals surface area contributed by atoms with Crippen LogP contribution in [0.25, 0.3) is 11.4 Å². The lowest BCUT2D eigenvalue weighted by Crippen LogP contribution is -2.17. The van der Waals surface area contributed by atoms with E-state index in [0.29, 0.717) is 29.4 Å². The summed E-state index contributed by atoms with van der Waals surface area (Å²) in [6.45, 7) is 1.83. The van der Waals surface area contributed by atoms with E-state index in [1.165, 1.54) is 0 Å². The normalized spacial score (nSPS) is 12.8. The molecule has 0 saturated carbocycles. The minimum Gasteiger partial charge on any atom is -0.439 e. The van der Waals surface area contributed by atoms with Crippen LogP contribution in [0.15, 0.2) is 47.1 Å². The number of rotatable bonds is 5. The van der Waals surface area contributed by atoms with Gasteiger partial charge in [0, 0.05) is 30.3 Å². The van der Waals surface area contributed by atoms with E-state index in [0.717, 1.165) is 18.3 Å². The van der Waals surface area contributed by atoms with Gasteiger partial charge >= 0.3 is 6.18 Å². The Hall–Kier alpha value is -2.94. The second-order valence-electron chi connectivity index (χ2n) is 5.71. The number of hydrogen-bond acceptors (Lipinski definition) is 6. The van der Waals surface area contributed by atoms with Crippen molar-refractivity contribution in [3.63, 3.8) is 0 Å². The summed E-state index contributed by atoms with van der Waals surface area (Å²) in [5.41, 5.74) is 5.49. The number of aromatic nitrogens is 3. The lowest BCUT2D eigenvalue weighted by atomic mass is 10.2. The Kier molecular flexibility index (Phi) is 4.90. The topological polar surface area (TPSA) is 87.1 Å². The summed E-state index contributed by atoms with van der Waals surface area (Å²) in [6.07, 6.45) is -3.26. The van der Waals surface area contributed by atoms with Crippen molar-refractivity contribution in [2.45, 2.75) is 25.6 Å². The summed E-state index contributed by atoms with van der Waals surface area (Å²) < 4.78 is 48.3. The van der Waals surface area contributed by atoms with Gasteiger partial charge in [-0.25, -0.2) is 4.98 Å². The summed E-state index contributed by atoms with van der Waals surface area (Å²) >= 11 is 0. The Morgan fingerprint density at radius 2 is 2.04 bits per heavy atom. The molecule has 2 aromatic heterocycles. The molecule has 1 atom stereocenters. The first-order valence-electron chi connectivity index (χ1n) is 7.71. The van der Waals surface area contributed by atoms with Crippen LogP contribution < -0.4 is 10.5 Å². The van der Waals surface area contributed by atoms with Crippen molar-refractivity contribution in [3.05, 3.63) is 54.0 Å². The van der Waals surface area contributed by atoms with Crippen molar-refractivity contribution in [1.82, 2.24) is 15.1 Å². The highest BCUT2D eigenvalue weighted by Crippen LogP contribution is 2.30. The smallest absolute Gasteiger partial charge is 0.417 e. The molecule has 1 aromatic carbocycles. The summed E-state index contributed by atoms with van der Waals surface area (Å²) in [5.74, 6) is 1.21. The fourth-order valence-electron chi connectivity index (χ4n) is 2.16. The number of hydrogen-bond donors (Lipinski definition) is 1. The minimum absolute atomic E-state index is 0.0425. The predicted molar refractivity (Wildman–Crippen MR) is 86.4 cm³/mol. The summed E-state index contributed by atoms with van der Waals surface area (Å²) in [7, 11) is 0. The Bertz CT molecular complexity index is 876. The van der Waals surface area contributed by atoms with Crippen LogP contribution in [-0.2, 0) is 12.6 Å². The molecule has 2 heterocycles. The number of pyridine rings is 1. The van der Waals surface area contributed by atoms with Crippen molar-refractivity contribution in [2.75, 3.05) is 0 Å². The third-order valence-corrected chi connectivity index (χ3v) is 3.34. The quantitative estimate of drug-likeness (QED) is 0.740. The molecule has 2 N–H and O–H groups in total. The molecule has 0 aliphatic carbocycles. The fourth-order valence-corrected chi connectivity index (χ4v) is 2.16. The van der Waals surface area contributed by atoms with Crippen LogP contribution in [0.5, 0.6) is 11.6 Å². The molecular formula is C17H15F3N4O2. The molecule has 0 unspecified atom stereocenters. The zero-order valence-corrected chi connectivity index (χ0v) is 13.7. The van der Waals surface area contributed by atoms with Gasteiger partial charge in [-0.1, -0.05) is 17.3 Å². The molecule has 0 spiro atoms. The van der Waals surface area contributed by atoms with Crippen LogP contribution >= 0.6 is 0 Å². The lowest BCUT2D eigenvalue weighted by molar-refractivity contribution is -0.137. The van der Waals surface area contributed by atoms with Crippen LogP contribution in [0.4, 0.5) is 13.2 Å². The molecule has 3 aromatic rings. The highest BCUT2D eigenvalue weighted by atomic mass is 19.4. The average molecular weight is 364 g/mol. The Balaban J connectivity index is 1.76. The molecule has 0 radical (unpaired) electrons. The minimum atomic E-state index is -4.44. The molecular weight excluding hydrogens is 349 g/mol. The maximum absolute atomic E-state index is 12.6. The molecule has 0 bridgehead atoms. The van der Waals surface area contributed by atoms with Crippen LogP contribution in [0.2, 0.25) is 0 Å². The highest BCUT2D eigenvalue weighted by molar-refractivity contribution is 5.57. The first-order valence-corrected chi connectivity index (χ1v) is 7.71. The molecule has 9 heteroatoms. The van der Waals surface area contributed by atoms with Crippen LogP contribution in [0.1, 0.15) is 18.4 Å². The number of alkyl halides is 3. The van der Waals surface area contributed by atoms with E-state index in [1.807, 2.05) is 6.92 Å². The van der Waals surface area contributed by atoms with Crippen LogP contribution in [-0.4, -0.2) is 21.2 Å². The second-order valence-corrected chi connectivity index (χ2v) is 5.71. The molecule has 0 fully saturated rings. The van der Waals surface area contributed by atoms with Gasteiger partial charge in [0.05, 0.1) is 5.56 Å². The summed E-state index contributed by atoms with van der Waals surface area (Å²) in [6, 6.07) is 8.70. The van der Waals surface area contributed by atoms with Crippen LogP contribution in [0.3, 0.4) is 0 Å². The van der Waals surface area contributed by atoms with Crippen LogP contribution in [0, 0.1) is 0 Å². The monoisotopic (exact) mass is 364 g/mol. The standard InChI is InChI=1S/C17H15F3N4O2/c1-10(21)7-15-23-16(24-26-15)11-3-2-4-13(8-11)25-14-6-5-12(9-22-14)17(18,19)20/h2-6,8-10H,7,21H2,1H3/t10-/m0/s1. The van der Waals surface area contributed by atoms with E-state index in [1.54, 1.807) is 24.3 Å². The van der Waals surface area contributed by atoms with Crippen molar-refractivity contribution in [2.24, 2.45) is 5.73 Å². The first-order chi connectivity index (χ1) is 12.3. The SMILES string of the molecule is C[C@H](N)Cc1nc(-c2cccc(Oc3ccc(C(F)(F)F)cn3)c2)no1. The molecule has 26 heavy (non-hydrogen) atoms. The predicted octanol–water partition coefficient (Wildman–Crippen LogP) is 3.83. The third kappa shape index (κ3) is 4.37. The van der Waals surface area contributed by atoms with Crippen molar-refractivity contribution in [3.8, 4) is 23.0 Å². The number of ether oxygens (including phenoxy) is 1. The van der Waals surface area contributed by atoms with Crippen molar-refractivity contribution < 1.29 is 22.4 Å². The third-order valence-electron chi connectivity index (χ3n) is 3.34. The van der Waals surface area contributed by atoms with Gasteiger partial charge in [-0.15, -0.1) is 0 Å². The Morgan fingerprint density at radius 1 is 1.23 bits per heavy atom. The lowest BCUT2D eigenvalue weighted by Gasteiger charge is -2.08. The number of nitrogens with two attached hydrogens (primary N) is 1. The average Bonchev–Trinajstić information content (AvgIpc) is 3.02. The van der Waals surface area contributed by atoms with E-state index in [-0.39, 0.29) is 11.9 Å². The van der Waals surface area contributed by atoms with E-state index < -0.39 is 11.7 Å². The molecule has 6 nitrogen and oxygen atoms in total. The van der Waals surface area contributed by atoms with Gasteiger partial charge in [-0.3, -0.25) is 0 Å². The van der Waals surface area contributed by atoms with E-state index >= 15 is 0 Å². The Morgan fingerprint density at radius 3 is 2.69 bits per heavy atom. The van der Waals surface area contributed by atoms with Crippen molar-refractivity contribution >= 4 is 0 Å². The molecule has 0 saturated heterocycles. The van der Waals surface area contributed by atoms with E-state index in [4.69, 9.17) is 15.0 Å². The van der Waals surface area contributed by atoms with Gasteiger partial charge in [0.25, 0.3) is 0 Å². The van der Waals surface area contributed by atoms with E-state index in [2.05, 4.69) is 15.1 Å². The molecule has 3 rings (SSSR count). The van der Waals surface area contributed by atoms with E-state index in [9.17, 15) is 13.2 Å². The highest BCUT2D eigenvalue weighted by Gasteiger charge is 2.30. The van der Waals surface area contributed by atoms with Gasteiger partial charge in [-0.05, 0) is 25.1 Å². The zero-order valence-electron chi connectivity index (χ0n) is 13.7. The zero-order chi connectivity index (χ0) is 18.7. The largest absolute Gasteiger partial charge is 0.439 e. The first kappa shape index (κ1) is 17.9. The van der Waals surface area contributed by atoms with Crippen molar-refractivity contribution in [1.29, 1.82) is 0 Å². The van der Waals surface area contributed by atoms with Gasteiger partial charge in [0.1, 0.15) is 5.75 Å². The number of halogens is 3. The maximum Gasteiger partial charge on any atom is 0.417 e. The fraction of sp³-hybridized carbons (Fsp3) is 0.235. The Labute approximate surface area is 146 Å². The summed E-state index contributed by atoms with van der Waals surface area (Å²) in [5, 5.41) is 3.89. The number of nitrogens with zero attached hydrogens (tertiary/aromatic N) is 3. The second kappa shape index (κ2) is 7.12. The van der Waals surface area contributed by atoms with Gasteiger partial charge in [-0.2, -0.15) is 18.2 Å². The summed E-state index contributed by atoms with van der Waals surface area (Å²) in [4.78, 5) is 7.93. The van der Waals surface area contributed by atoms with Gasteiger partial charge < -0.3 is 15.0 Å². The molecule has 0 aliphatic heterocycles. The van der Waals surface area contributed by atoms with Gasteiger partial charge in [0.2, 0.25) is 17.6 Å². The maximum atomic E-state index is 12.6.